The Balaban J connectivity index is 2.18. The van der Waals surface area contributed by atoms with Gasteiger partial charge in [0.2, 0.25) is 0 Å². The number of rotatable bonds is 7. The van der Waals surface area contributed by atoms with Crippen molar-refractivity contribution in [2.75, 3.05) is 0 Å². The Bertz CT molecular complexity index is 1330. The van der Waals surface area contributed by atoms with E-state index in [4.69, 9.17) is 5.11 Å². The number of pyridine rings is 1. The predicted octanol–water partition coefficient (Wildman–Crippen LogP) is 4.36. The maximum Gasteiger partial charge on any atom is 0.534 e. The topological polar surface area (TPSA) is 160 Å². The second-order valence-electron chi connectivity index (χ2n) is 8.58. The van der Waals surface area contributed by atoms with Gasteiger partial charge in [0.05, 0.1) is 4.92 Å². The number of carboxylic acids is 1. The van der Waals surface area contributed by atoms with Crippen molar-refractivity contribution in [1.82, 2.24) is 4.98 Å². The standard InChI is InChI=1S/C21H18F3N3O7S/c1-20(2)12(8-18(28)29)7-16(20)17-9-14(11-3-5-13(6-4-11)27(30)31)15(10-25)19(26-17)34-35(32,33)21(22,23)24/h3-6,9,12,16H,7-8H2,1-2H3,(H,28,29). The summed E-state index contributed by atoms with van der Waals surface area (Å²) in [5, 5.41) is 29.7. The number of nitro groups is 1. The second kappa shape index (κ2) is 8.81. The molecule has 0 spiro atoms. The van der Waals surface area contributed by atoms with Crippen molar-refractivity contribution < 1.29 is 40.6 Å². The number of non-ortho nitro benzene ring substituents is 1. The Kier molecular flexibility index (Phi) is 6.51. The molecular formula is C21H18F3N3O7S. The minimum Gasteiger partial charge on any atom is -0.481 e. The van der Waals surface area contributed by atoms with Gasteiger partial charge in [-0.2, -0.15) is 26.9 Å². The summed E-state index contributed by atoms with van der Waals surface area (Å²) < 4.78 is 66.6. The molecule has 0 amide bonds. The molecule has 1 heterocycles. The summed E-state index contributed by atoms with van der Waals surface area (Å²) in [7, 11) is -6.17. The molecule has 1 saturated carbocycles. The molecule has 0 bridgehead atoms. The molecule has 0 radical (unpaired) electrons. The molecular weight excluding hydrogens is 495 g/mol. The number of halogens is 3. The number of carboxylic acid groups (broad SMARTS) is 1. The van der Waals surface area contributed by atoms with Crippen molar-refractivity contribution in [3.63, 3.8) is 0 Å². The number of alkyl halides is 3. The fourth-order valence-corrected chi connectivity index (χ4v) is 4.53. The van der Waals surface area contributed by atoms with Gasteiger partial charge in [0.25, 0.3) is 11.6 Å². The molecule has 186 valence electrons. The Morgan fingerprint density at radius 2 is 1.94 bits per heavy atom. The lowest BCUT2D eigenvalue weighted by Gasteiger charge is -2.51. The molecule has 1 N–H and O–H groups in total. The first-order valence-electron chi connectivity index (χ1n) is 10.0. The van der Waals surface area contributed by atoms with Crippen LogP contribution in [0.4, 0.5) is 18.9 Å². The summed E-state index contributed by atoms with van der Waals surface area (Å²) in [6.45, 7) is 3.49. The first kappa shape index (κ1) is 25.9. The second-order valence-corrected chi connectivity index (χ2v) is 10.1. The monoisotopic (exact) mass is 513 g/mol. The molecule has 0 aliphatic heterocycles. The molecule has 1 fully saturated rings. The lowest BCUT2D eigenvalue weighted by Crippen LogP contribution is -2.44. The van der Waals surface area contributed by atoms with Crippen molar-refractivity contribution in [1.29, 1.82) is 5.26 Å². The molecule has 2 atom stereocenters. The van der Waals surface area contributed by atoms with Crippen LogP contribution in [0.15, 0.2) is 30.3 Å². The van der Waals surface area contributed by atoms with E-state index in [1.165, 1.54) is 18.2 Å². The number of aliphatic carboxylic acids is 1. The molecule has 1 aliphatic rings. The summed E-state index contributed by atoms with van der Waals surface area (Å²) in [4.78, 5) is 25.4. The lowest BCUT2D eigenvalue weighted by molar-refractivity contribution is -0.384. The number of nitrogens with zero attached hydrogens (tertiary/aromatic N) is 3. The van der Waals surface area contributed by atoms with E-state index in [-0.39, 0.29) is 34.8 Å². The van der Waals surface area contributed by atoms with Crippen molar-refractivity contribution in [2.24, 2.45) is 11.3 Å². The van der Waals surface area contributed by atoms with E-state index in [1.807, 2.05) is 0 Å². The molecule has 1 aliphatic carbocycles. The van der Waals surface area contributed by atoms with Crippen molar-refractivity contribution in [3.05, 3.63) is 51.7 Å². The van der Waals surface area contributed by atoms with Crippen LogP contribution < -0.4 is 4.18 Å². The first-order chi connectivity index (χ1) is 16.1. The normalized spacial score (nSPS) is 19.3. The zero-order valence-corrected chi connectivity index (χ0v) is 19.1. The highest BCUT2D eigenvalue weighted by molar-refractivity contribution is 7.87. The van der Waals surface area contributed by atoms with E-state index >= 15 is 0 Å². The third-order valence-electron chi connectivity index (χ3n) is 6.23. The van der Waals surface area contributed by atoms with Crippen LogP contribution in [0.25, 0.3) is 11.1 Å². The van der Waals surface area contributed by atoms with Crippen LogP contribution in [-0.2, 0) is 14.9 Å². The average Bonchev–Trinajstić information content (AvgIpc) is 2.74. The number of hydrogen-bond acceptors (Lipinski definition) is 8. The maximum atomic E-state index is 13.0. The minimum absolute atomic E-state index is 0.0442. The summed E-state index contributed by atoms with van der Waals surface area (Å²) in [6, 6.07) is 7.69. The number of benzene rings is 1. The summed E-state index contributed by atoms with van der Waals surface area (Å²) in [5.41, 5.74) is -7.14. The summed E-state index contributed by atoms with van der Waals surface area (Å²) >= 11 is 0. The molecule has 10 nitrogen and oxygen atoms in total. The molecule has 1 aromatic carbocycles. The van der Waals surface area contributed by atoms with Gasteiger partial charge in [-0.25, -0.2) is 4.98 Å². The van der Waals surface area contributed by atoms with E-state index in [1.54, 1.807) is 19.9 Å². The Hall–Kier alpha value is -3.73. The lowest BCUT2D eigenvalue weighted by atomic mass is 9.53. The van der Waals surface area contributed by atoms with E-state index in [0.717, 1.165) is 12.1 Å². The van der Waals surface area contributed by atoms with Crippen LogP contribution >= 0.6 is 0 Å². The molecule has 35 heavy (non-hydrogen) atoms. The van der Waals surface area contributed by atoms with Crippen LogP contribution in [0.5, 0.6) is 5.88 Å². The van der Waals surface area contributed by atoms with Gasteiger partial charge < -0.3 is 9.29 Å². The largest absolute Gasteiger partial charge is 0.534 e. The molecule has 3 rings (SSSR count). The van der Waals surface area contributed by atoms with E-state index < -0.39 is 49.3 Å². The molecule has 14 heteroatoms. The van der Waals surface area contributed by atoms with E-state index in [0.29, 0.717) is 6.42 Å². The average molecular weight is 513 g/mol. The summed E-state index contributed by atoms with van der Waals surface area (Å²) in [6.07, 6.45) is 0.143. The highest BCUT2D eigenvalue weighted by atomic mass is 32.2. The highest BCUT2D eigenvalue weighted by Gasteiger charge is 2.51. The number of nitriles is 1. The van der Waals surface area contributed by atoms with Gasteiger partial charge in [0.1, 0.15) is 11.6 Å². The SMILES string of the molecule is CC1(C)C(CC(=O)O)CC1c1cc(-c2ccc([N+](=O)[O-])cc2)c(C#N)c(OS(=O)(=O)C(F)(F)F)n1. The minimum atomic E-state index is -6.17. The van der Waals surface area contributed by atoms with Gasteiger partial charge in [-0.1, -0.05) is 13.8 Å². The fraction of sp³-hybridized carbons (Fsp3) is 0.381. The van der Waals surface area contributed by atoms with Crippen molar-refractivity contribution in [3.8, 4) is 23.1 Å². The fourth-order valence-electron chi connectivity index (χ4n) is 4.10. The van der Waals surface area contributed by atoms with Gasteiger partial charge in [-0.05, 0) is 41.5 Å². The van der Waals surface area contributed by atoms with Crippen LogP contribution in [0.3, 0.4) is 0 Å². The van der Waals surface area contributed by atoms with Crippen LogP contribution in [-0.4, -0.2) is 34.9 Å². The number of aromatic nitrogens is 1. The van der Waals surface area contributed by atoms with Crippen LogP contribution in [0, 0.1) is 32.8 Å². The van der Waals surface area contributed by atoms with E-state index in [2.05, 4.69) is 9.17 Å². The van der Waals surface area contributed by atoms with Crippen molar-refractivity contribution >= 4 is 21.8 Å². The highest BCUT2D eigenvalue weighted by Crippen LogP contribution is 2.58. The van der Waals surface area contributed by atoms with Crippen molar-refractivity contribution in [2.45, 2.75) is 38.1 Å². The zero-order chi connectivity index (χ0) is 26.3. The van der Waals surface area contributed by atoms with Gasteiger partial charge in [-0.3, -0.25) is 14.9 Å². The third-order valence-corrected chi connectivity index (χ3v) is 7.17. The molecule has 1 aromatic heterocycles. The van der Waals surface area contributed by atoms with Crippen LogP contribution in [0.1, 0.15) is 43.9 Å². The van der Waals surface area contributed by atoms with Gasteiger partial charge in [0, 0.05) is 35.7 Å². The molecule has 2 unspecified atom stereocenters. The zero-order valence-electron chi connectivity index (χ0n) is 18.2. The smallest absolute Gasteiger partial charge is 0.481 e. The summed E-state index contributed by atoms with van der Waals surface area (Å²) in [5.74, 6) is -2.89. The number of hydrogen-bond donors (Lipinski definition) is 1. The Morgan fingerprint density at radius 3 is 2.40 bits per heavy atom. The molecule has 2 aromatic rings. The van der Waals surface area contributed by atoms with Gasteiger partial charge >= 0.3 is 21.6 Å². The van der Waals surface area contributed by atoms with Gasteiger partial charge in [-0.15, -0.1) is 0 Å². The molecule has 0 saturated heterocycles. The van der Waals surface area contributed by atoms with Crippen LogP contribution in [0.2, 0.25) is 0 Å². The third kappa shape index (κ3) is 4.90. The quantitative estimate of drug-likeness (QED) is 0.245. The van der Waals surface area contributed by atoms with Gasteiger partial charge in [0.15, 0.2) is 0 Å². The maximum absolute atomic E-state index is 13.0. The Morgan fingerprint density at radius 1 is 1.34 bits per heavy atom. The number of carbonyl (C=O) groups is 1. The number of nitro benzene ring substituents is 1. The first-order valence-corrected chi connectivity index (χ1v) is 11.4. The Labute approximate surface area is 197 Å². The predicted molar refractivity (Wildman–Crippen MR) is 114 cm³/mol. The van der Waals surface area contributed by atoms with E-state index in [9.17, 15) is 41.8 Å².